The van der Waals surface area contributed by atoms with Crippen molar-refractivity contribution in [2.75, 3.05) is 11.9 Å². The normalized spacial score (nSPS) is 18.2. The summed E-state index contributed by atoms with van der Waals surface area (Å²) in [5.41, 5.74) is 3.86. The number of nitrogens with one attached hydrogen (secondary N) is 1. The van der Waals surface area contributed by atoms with Crippen molar-refractivity contribution < 1.29 is 24.1 Å². The number of amides is 1. The zero-order chi connectivity index (χ0) is 28.2. The van der Waals surface area contributed by atoms with E-state index < -0.39 is 6.09 Å². The fourth-order valence-electron chi connectivity index (χ4n) is 5.02. The minimum atomic E-state index is -0.496. The maximum Gasteiger partial charge on any atom is 0.411 e. The highest BCUT2D eigenvalue weighted by Gasteiger charge is 2.31. The first-order valence-electron chi connectivity index (χ1n) is 13.8. The van der Waals surface area contributed by atoms with Gasteiger partial charge in [-0.1, -0.05) is 25.5 Å². The number of phenolic OH excluding ortho intramolecular Hbond substituents is 1. The summed E-state index contributed by atoms with van der Waals surface area (Å²) in [6.45, 7) is 10.4. The standard InChI is InChI=1S/C23H23N3O3.C8H16O2/c1-14(2)29-23(28)25-16-8-6-15(7-9-16)22-20(13-24)19-11-10-18(27)12-21(19)26(22)17-4-3-5-17;1-4-5-7-6-9-8(2,3)10-7/h6-12,14,17,27H,3-5H2,1-2H3,(H,25,28);7H,4-6H2,1-3H3/t;7-/m.0/s1. The van der Waals surface area contributed by atoms with Gasteiger partial charge in [-0.15, -0.1) is 0 Å². The Morgan fingerprint density at radius 2 is 1.95 bits per heavy atom. The minimum Gasteiger partial charge on any atom is -0.508 e. The van der Waals surface area contributed by atoms with Crippen molar-refractivity contribution >= 4 is 22.7 Å². The molecule has 8 heteroatoms. The number of carbonyl (C=O) groups is 1. The summed E-state index contributed by atoms with van der Waals surface area (Å²) in [6.07, 6.45) is 5.20. The zero-order valence-corrected chi connectivity index (χ0v) is 23.5. The van der Waals surface area contributed by atoms with Gasteiger partial charge >= 0.3 is 6.09 Å². The van der Waals surface area contributed by atoms with Gasteiger partial charge in [-0.3, -0.25) is 5.32 Å². The molecule has 2 fully saturated rings. The van der Waals surface area contributed by atoms with Gasteiger partial charge in [0.1, 0.15) is 11.8 Å². The first kappa shape index (κ1) is 28.5. The van der Waals surface area contributed by atoms with Crippen LogP contribution >= 0.6 is 0 Å². The van der Waals surface area contributed by atoms with Crippen LogP contribution in [0.3, 0.4) is 0 Å². The molecule has 1 saturated heterocycles. The SMILES string of the molecule is CC(C)OC(=O)Nc1ccc(-c2c(C#N)c3ccc(O)cc3n2C2CCC2)cc1.CCC[C@H]1COC(C)(C)O1. The number of carbonyl (C=O) groups excluding carboxylic acids is 1. The number of nitriles is 1. The van der Waals surface area contributed by atoms with Gasteiger partial charge < -0.3 is 23.9 Å². The molecule has 8 nitrogen and oxygen atoms in total. The average Bonchev–Trinajstić information content (AvgIpc) is 3.34. The predicted molar refractivity (Wildman–Crippen MR) is 152 cm³/mol. The third-order valence-electron chi connectivity index (χ3n) is 6.96. The quantitative estimate of drug-likeness (QED) is 0.340. The van der Waals surface area contributed by atoms with Crippen molar-refractivity contribution in [2.45, 2.75) is 90.8 Å². The Balaban J connectivity index is 0.000000298. The van der Waals surface area contributed by atoms with Crippen LogP contribution in [0.1, 0.15) is 78.3 Å². The van der Waals surface area contributed by atoms with Gasteiger partial charge in [-0.25, -0.2) is 4.79 Å². The molecule has 0 spiro atoms. The van der Waals surface area contributed by atoms with Crippen LogP contribution in [-0.4, -0.2) is 40.4 Å². The van der Waals surface area contributed by atoms with E-state index in [2.05, 4.69) is 22.9 Å². The summed E-state index contributed by atoms with van der Waals surface area (Å²) in [4.78, 5) is 11.8. The van der Waals surface area contributed by atoms with E-state index in [9.17, 15) is 15.2 Å². The molecule has 1 aromatic heterocycles. The number of aromatic hydroxyl groups is 1. The topological polar surface area (TPSA) is 106 Å². The maximum atomic E-state index is 11.8. The third-order valence-corrected chi connectivity index (χ3v) is 6.96. The molecule has 3 aromatic rings. The van der Waals surface area contributed by atoms with Crippen LogP contribution in [0.2, 0.25) is 0 Å². The van der Waals surface area contributed by atoms with Crippen molar-refractivity contribution in [2.24, 2.45) is 0 Å². The molecule has 1 aliphatic heterocycles. The lowest BCUT2D eigenvalue weighted by Gasteiger charge is -2.30. The highest BCUT2D eigenvalue weighted by Crippen LogP contribution is 2.43. The van der Waals surface area contributed by atoms with E-state index in [1.165, 1.54) is 6.42 Å². The number of nitrogens with zero attached hydrogens (tertiary/aromatic N) is 2. The van der Waals surface area contributed by atoms with Crippen molar-refractivity contribution in [3.8, 4) is 23.1 Å². The zero-order valence-electron chi connectivity index (χ0n) is 23.5. The van der Waals surface area contributed by atoms with Crippen LogP contribution in [-0.2, 0) is 14.2 Å². The second-order valence-electron chi connectivity index (χ2n) is 10.9. The van der Waals surface area contributed by atoms with Crippen LogP contribution < -0.4 is 5.32 Å². The largest absolute Gasteiger partial charge is 0.508 e. The van der Waals surface area contributed by atoms with E-state index >= 15 is 0 Å². The number of rotatable bonds is 6. The smallest absolute Gasteiger partial charge is 0.411 e. The number of hydrogen-bond donors (Lipinski definition) is 2. The highest BCUT2D eigenvalue weighted by molar-refractivity contribution is 5.95. The van der Waals surface area contributed by atoms with E-state index in [1.54, 1.807) is 44.2 Å². The van der Waals surface area contributed by atoms with Crippen LogP contribution in [0.15, 0.2) is 42.5 Å². The number of fused-ring (bicyclic) bond motifs is 1. The summed E-state index contributed by atoms with van der Waals surface area (Å²) in [5, 5.41) is 23.4. The monoisotopic (exact) mass is 533 g/mol. The van der Waals surface area contributed by atoms with Crippen molar-refractivity contribution in [3.63, 3.8) is 0 Å². The Labute approximate surface area is 230 Å². The highest BCUT2D eigenvalue weighted by atomic mass is 16.7. The molecule has 208 valence electrons. The molecule has 0 radical (unpaired) electrons. The second kappa shape index (κ2) is 12.1. The summed E-state index contributed by atoms with van der Waals surface area (Å²) in [7, 11) is 0. The van der Waals surface area contributed by atoms with Crippen LogP contribution in [0.4, 0.5) is 10.5 Å². The van der Waals surface area contributed by atoms with Gasteiger partial charge in [-0.05, 0) is 83.2 Å². The van der Waals surface area contributed by atoms with E-state index in [1.807, 2.05) is 26.0 Å². The van der Waals surface area contributed by atoms with Gasteiger partial charge in [0.2, 0.25) is 0 Å². The molecule has 0 unspecified atom stereocenters. The lowest BCUT2D eigenvalue weighted by molar-refractivity contribution is -0.138. The summed E-state index contributed by atoms with van der Waals surface area (Å²) >= 11 is 0. The number of benzene rings is 2. The number of anilines is 1. The molecular weight excluding hydrogens is 494 g/mol. The molecule has 2 aliphatic rings. The van der Waals surface area contributed by atoms with Crippen molar-refractivity contribution in [3.05, 3.63) is 48.0 Å². The number of hydrogen-bond acceptors (Lipinski definition) is 6. The molecule has 2 heterocycles. The van der Waals surface area contributed by atoms with Gasteiger partial charge in [0, 0.05) is 23.2 Å². The second-order valence-corrected chi connectivity index (χ2v) is 10.9. The van der Waals surface area contributed by atoms with Gasteiger partial charge in [0.05, 0.1) is 35.6 Å². The molecule has 1 saturated carbocycles. The Morgan fingerprint density at radius 3 is 2.49 bits per heavy atom. The Morgan fingerprint density at radius 1 is 1.23 bits per heavy atom. The number of aromatic nitrogens is 1. The van der Waals surface area contributed by atoms with Gasteiger partial charge in [0.25, 0.3) is 0 Å². The van der Waals surface area contributed by atoms with E-state index in [4.69, 9.17) is 14.2 Å². The lowest BCUT2D eigenvalue weighted by Crippen LogP contribution is -2.21. The fourth-order valence-corrected chi connectivity index (χ4v) is 5.02. The molecule has 2 N–H and O–H groups in total. The first-order chi connectivity index (χ1) is 18.6. The summed E-state index contributed by atoms with van der Waals surface area (Å²) in [5.74, 6) is -0.144. The van der Waals surface area contributed by atoms with Crippen molar-refractivity contribution in [1.29, 1.82) is 5.26 Å². The van der Waals surface area contributed by atoms with Gasteiger partial charge in [0.15, 0.2) is 5.79 Å². The Bertz CT molecular complexity index is 1330. The van der Waals surface area contributed by atoms with Crippen LogP contribution in [0.5, 0.6) is 5.75 Å². The van der Waals surface area contributed by atoms with Crippen LogP contribution in [0.25, 0.3) is 22.2 Å². The molecule has 0 bridgehead atoms. The van der Waals surface area contributed by atoms with E-state index in [-0.39, 0.29) is 17.6 Å². The Kier molecular flexibility index (Phi) is 8.83. The fraction of sp³-hybridized carbons (Fsp3) is 0.484. The van der Waals surface area contributed by atoms with Gasteiger partial charge in [-0.2, -0.15) is 5.26 Å². The van der Waals surface area contributed by atoms with Crippen molar-refractivity contribution in [1.82, 2.24) is 4.57 Å². The average molecular weight is 534 g/mol. The number of ether oxygens (including phenoxy) is 3. The molecule has 5 rings (SSSR count). The molecule has 1 aliphatic carbocycles. The summed E-state index contributed by atoms with van der Waals surface area (Å²) in [6, 6.07) is 15.2. The molecule has 2 aromatic carbocycles. The van der Waals surface area contributed by atoms with E-state index in [0.717, 1.165) is 54.5 Å². The maximum absolute atomic E-state index is 11.8. The predicted octanol–water partition coefficient (Wildman–Crippen LogP) is 7.51. The molecule has 1 atom stereocenters. The van der Waals surface area contributed by atoms with E-state index in [0.29, 0.717) is 23.4 Å². The molecule has 1 amide bonds. The third kappa shape index (κ3) is 6.73. The molecular formula is C31H39N3O5. The number of phenols is 1. The summed E-state index contributed by atoms with van der Waals surface area (Å²) < 4.78 is 18.2. The Hall–Kier alpha value is -3.54. The molecule has 39 heavy (non-hydrogen) atoms. The minimum absolute atomic E-state index is 0.190. The van der Waals surface area contributed by atoms with Crippen LogP contribution in [0, 0.1) is 11.3 Å². The first-order valence-corrected chi connectivity index (χ1v) is 13.8. The lowest BCUT2D eigenvalue weighted by atomic mass is 9.92.